The minimum absolute atomic E-state index is 0. The van der Waals surface area contributed by atoms with Crippen LogP contribution in [0.1, 0.15) is 24.1 Å². The lowest BCUT2D eigenvalue weighted by Crippen LogP contribution is -2.38. The highest BCUT2D eigenvalue weighted by molar-refractivity contribution is 14.0. The van der Waals surface area contributed by atoms with Gasteiger partial charge >= 0.3 is 0 Å². The Labute approximate surface area is 152 Å². The Balaban J connectivity index is 0.00000242. The van der Waals surface area contributed by atoms with Gasteiger partial charge in [-0.15, -0.1) is 34.2 Å². The molecule has 8 heteroatoms. The van der Waals surface area contributed by atoms with E-state index in [0.29, 0.717) is 6.54 Å². The number of hydrogen-bond donors (Lipinski definition) is 1. The predicted molar refractivity (Wildman–Crippen MR) is 102 cm³/mol. The highest BCUT2D eigenvalue weighted by Gasteiger charge is 2.09. The Morgan fingerprint density at radius 2 is 2.23 bits per heavy atom. The van der Waals surface area contributed by atoms with Crippen LogP contribution in [-0.4, -0.2) is 39.2 Å². The maximum absolute atomic E-state index is 4.65. The zero-order valence-corrected chi connectivity index (χ0v) is 16.6. The fourth-order valence-electron chi connectivity index (χ4n) is 1.94. The van der Waals surface area contributed by atoms with Crippen LogP contribution in [-0.2, 0) is 20.1 Å². The molecule has 0 spiro atoms. The first-order chi connectivity index (χ1) is 10.1. The zero-order valence-electron chi connectivity index (χ0n) is 13.4. The van der Waals surface area contributed by atoms with Crippen molar-refractivity contribution in [2.75, 3.05) is 13.6 Å². The van der Waals surface area contributed by atoms with Gasteiger partial charge in [-0.25, -0.2) is 4.99 Å². The third kappa shape index (κ3) is 4.94. The molecule has 0 bridgehead atoms. The largest absolute Gasteiger partial charge is 0.357 e. The fourth-order valence-corrected chi connectivity index (χ4v) is 2.60. The molecule has 122 valence electrons. The third-order valence-corrected chi connectivity index (χ3v) is 3.98. The predicted octanol–water partition coefficient (Wildman–Crippen LogP) is 2.40. The molecule has 0 amide bonds. The first-order valence-corrected chi connectivity index (χ1v) is 7.91. The molecule has 0 radical (unpaired) electrons. The fraction of sp³-hybridized carbons (Fsp3) is 0.500. The molecule has 22 heavy (non-hydrogen) atoms. The van der Waals surface area contributed by atoms with E-state index in [4.69, 9.17) is 0 Å². The molecule has 0 aliphatic rings. The van der Waals surface area contributed by atoms with Gasteiger partial charge in [0.15, 0.2) is 11.8 Å². The molecule has 0 fully saturated rings. The molecule has 2 aromatic rings. The number of aliphatic imine (C=N–C) groups is 1. The number of aromatic nitrogens is 3. The number of nitrogens with zero attached hydrogens (tertiary/aromatic N) is 5. The second-order valence-electron chi connectivity index (χ2n) is 4.88. The van der Waals surface area contributed by atoms with Crippen molar-refractivity contribution in [2.45, 2.75) is 26.9 Å². The van der Waals surface area contributed by atoms with Crippen molar-refractivity contribution in [3.8, 4) is 0 Å². The number of nitrogens with one attached hydrogen (secondary N) is 1. The summed E-state index contributed by atoms with van der Waals surface area (Å²) >= 11 is 1.71. The third-order valence-electron chi connectivity index (χ3n) is 3.25. The van der Waals surface area contributed by atoms with Crippen molar-refractivity contribution in [2.24, 2.45) is 12.0 Å². The first kappa shape index (κ1) is 18.9. The SMILES string of the molecule is CCNC(=NCc1nnc(C)n1C)N(C)Cc1ccsc1.I. The second kappa shape index (κ2) is 9.09. The molecule has 2 aromatic heterocycles. The normalized spacial score (nSPS) is 11.2. The second-order valence-corrected chi connectivity index (χ2v) is 5.66. The molecule has 1 N–H and O–H groups in total. The Kier molecular flexibility index (Phi) is 7.80. The molecule has 0 atom stereocenters. The van der Waals surface area contributed by atoms with Crippen LogP contribution in [0.25, 0.3) is 0 Å². The number of halogens is 1. The summed E-state index contributed by atoms with van der Waals surface area (Å²) in [5, 5.41) is 15.8. The molecule has 0 unspecified atom stereocenters. The quantitative estimate of drug-likeness (QED) is 0.446. The Bertz CT molecular complexity index is 593. The van der Waals surface area contributed by atoms with Crippen LogP contribution in [0.4, 0.5) is 0 Å². The summed E-state index contributed by atoms with van der Waals surface area (Å²) < 4.78 is 1.96. The van der Waals surface area contributed by atoms with Gasteiger partial charge in [-0.05, 0) is 36.2 Å². The maximum Gasteiger partial charge on any atom is 0.194 e. The van der Waals surface area contributed by atoms with E-state index in [1.54, 1.807) is 11.3 Å². The zero-order chi connectivity index (χ0) is 15.2. The van der Waals surface area contributed by atoms with E-state index in [1.807, 2.05) is 25.6 Å². The van der Waals surface area contributed by atoms with Gasteiger partial charge in [0.2, 0.25) is 0 Å². The van der Waals surface area contributed by atoms with Crippen LogP contribution < -0.4 is 5.32 Å². The van der Waals surface area contributed by atoms with Crippen LogP contribution >= 0.6 is 35.3 Å². The number of guanidine groups is 1. The monoisotopic (exact) mass is 434 g/mol. The molecule has 0 aliphatic carbocycles. The van der Waals surface area contributed by atoms with Gasteiger partial charge in [0.25, 0.3) is 0 Å². The van der Waals surface area contributed by atoms with Crippen molar-refractivity contribution in [3.63, 3.8) is 0 Å². The van der Waals surface area contributed by atoms with Crippen LogP contribution in [0, 0.1) is 6.92 Å². The van der Waals surface area contributed by atoms with Gasteiger partial charge in [-0.1, -0.05) is 0 Å². The van der Waals surface area contributed by atoms with E-state index in [0.717, 1.165) is 30.7 Å². The standard InChI is InChI=1S/C14H22N6S.HI/c1-5-15-14(19(3)9-12-6-7-21-10-12)16-8-13-18-17-11(2)20(13)4;/h6-7,10H,5,8-9H2,1-4H3,(H,15,16);1H. The smallest absolute Gasteiger partial charge is 0.194 e. The Hall–Kier alpha value is -1.16. The van der Waals surface area contributed by atoms with Gasteiger partial charge in [0.1, 0.15) is 12.4 Å². The summed E-state index contributed by atoms with van der Waals surface area (Å²) in [6.07, 6.45) is 0. The lowest BCUT2D eigenvalue weighted by atomic mass is 10.3. The van der Waals surface area contributed by atoms with Gasteiger partial charge in [0, 0.05) is 27.2 Å². The molecule has 0 aliphatic heterocycles. The molecule has 0 saturated heterocycles. The summed E-state index contributed by atoms with van der Waals surface area (Å²) in [5.74, 6) is 2.65. The Morgan fingerprint density at radius 3 is 2.77 bits per heavy atom. The molecular weight excluding hydrogens is 411 g/mol. The van der Waals surface area contributed by atoms with E-state index < -0.39 is 0 Å². The van der Waals surface area contributed by atoms with Crippen molar-refractivity contribution in [1.29, 1.82) is 0 Å². The van der Waals surface area contributed by atoms with Crippen LogP contribution in [0.5, 0.6) is 0 Å². The highest BCUT2D eigenvalue weighted by Crippen LogP contribution is 2.09. The van der Waals surface area contributed by atoms with Crippen LogP contribution in [0.15, 0.2) is 21.8 Å². The number of hydrogen-bond acceptors (Lipinski definition) is 4. The lowest BCUT2D eigenvalue weighted by Gasteiger charge is -2.21. The summed E-state index contributed by atoms with van der Waals surface area (Å²) in [5.41, 5.74) is 1.29. The summed E-state index contributed by atoms with van der Waals surface area (Å²) in [7, 11) is 4.00. The number of aryl methyl sites for hydroxylation is 1. The van der Waals surface area contributed by atoms with E-state index in [2.05, 4.69) is 49.2 Å². The van der Waals surface area contributed by atoms with E-state index in [-0.39, 0.29) is 24.0 Å². The van der Waals surface area contributed by atoms with Gasteiger partial charge in [0.05, 0.1) is 0 Å². The van der Waals surface area contributed by atoms with Gasteiger partial charge < -0.3 is 14.8 Å². The average Bonchev–Trinajstić information content (AvgIpc) is 3.07. The topological polar surface area (TPSA) is 58.3 Å². The average molecular weight is 434 g/mol. The first-order valence-electron chi connectivity index (χ1n) is 6.97. The minimum Gasteiger partial charge on any atom is -0.357 e. The van der Waals surface area contributed by atoms with Crippen molar-refractivity contribution < 1.29 is 0 Å². The molecule has 2 heterocycles. The van der Waals surface area contributed by atoms with E-state index >= 15 is 0 Å². The molecule has 0 aromatic carbocycles. The molecular formula is C14H23IN6S. The lowest BCUT2D eigenvalue weighted by molar-refractivity contribution is 0.477. The summed E-state index contributed by atoms with van der Waals surface area (Å²) in [4.78, 5) is 6.77. The maximum atomic E-state index is 4.65. The van der Waals surface area contributed by atoms with Gasteiger partial charge in [-0.3, -0.25) is 0 Å². The van der Waals surface area contributed by atoms with E-state index in [1.165, 1.54) is 5.56 Å². The summed E-state index contributed by atoms with van der Waals surface area (Å²) in [6, 6.07) is 2.14. The number of thiophene rings is 1. The molecule has 6 nitrogen and oxygen atoms in total. The summed E-state index contributed by atoms with van der Waals surface area (Å²) in [6.45, 7) is 6.21. The number of rotatable bonds is 5. The van der Waals surface area contributed by atoms with E-state index in [9.17, 15) is 0 Å². The van der Waals surface area contributed by atoms with Crippen LogP contribution in [0.3, 0.4) is 0 Å². The molecule has 0 saturated carbocycles. The van der Waals surface area contributed by atoms with Crippen LogP contribution in [0.2, 0.25) is 0 Å². The molecule has 2 rings (SSSR count). The van der Waals surface area contributed by atoms with Crippen molar-refractivity contribution in [3.05, 3.63) is 34.0 Å². The highest BCUT2D eigenvalue weighted by atomic mass is 127. The van der Waals surface area contributed by atoms with Gasteiger partial charge in [-0.2, -0.15) is 11.3 Å². The van der Waals surface area contributed by atoms with Crippen molar-refractivity contribution in [1.82, 2.24) is 25.0 Å². The van der Waals surface area contributed by atoms with Crippen molar-refractivity contribution >= 4 is 41.3 Å². The Morgan fingerprint density at radius 1 is 1.45 bits per heavy atom. The minimum atomic E-state index is 0.